The Hall–Kier alpha value is -0.550. The zero-order valence-corrected chi connectivity index (χ0v) is 10.5. The van der Waals surface area contributed by atoms with Crippen LogP contribution in [0.25, 0.3) is 5.57 Å². The van der Waals surface area contributed by atoms with E-state index in [0.717, 1.165) is 17.3 Å². The minimum absolute atomic E-state index is 0.0526. The molecule has 0 radical (unpaired) electrons. The zero-order chi connectivity index (χ0) is 12.2. The van der Waals surface area contributed by atoms with Gasteiger partial charge in [0.1, 0.15) is 0 Å². The summed E-state index contributed by atoms with van der Waals surface area (Å²) in [5.74, 6) is 0. The number of hydrogen-bond acceptors (Lipinski definition) is 2. The molecule has 0 aliphatic rings. The van der Waals surface area contributed by atoms with Gasteiger partial charge >= 0.3 is 5.51 Å². The molecule has 1 rings (SSSR count). The summed E-state index contributed by atoms with van der Waals surface area (Å²) in [6, 6.07) is 9.08. The summed E-state index contributed by atoms with van der Waals surface area (Å²) < 4.78 is 37.1. The summed E-state index contributed by atoms with van der Waals surface area (Å²) in [6.07, 6.45) is 1.65. The normalized spacial score (nSPS) is 13.6. The Labute approximate surface area is 101 Å². The van der Waals surface area contributed by atoms with Gasteiger partial charge in [-0.15, -0.1) is 11.8 Å². The standard InChI is InChI=1S/C11H11F3S2/c1-8(9-6-4-3-5-7-9)10(15-2)16-11(12,13)14/h3-7H,1-2H3/b10-8+. The summed E-state index contributed by atoms with van der Waals surface area (Å²) in [4.78, 5) is 0. The first-order chi connectivity index (χ1) is 7.44. The van der Waals surface area contributed by atoms with Gasteiger partial charge in [0.15, 0.2) is 0 Å². The van der Waals surface area contributed by atoms with Crippen molar-refractivity contribution in [3.05, 3.63) is 40.1 Å². The molecule has 0 heterocycles. The highest BCUT2D eigenvalue weighted by Crippen LogP contribution is 2.44. The Morgan fingerprint density at radius 3 is 2.12 bits per heavy atom. The molecule has 0 aliphatic carbocycles. The molecule has 0 spiro atoms. The molecule has 88 valence electrons. The van der Waals surface area contributed by atoms with Crippen molar-refractivity contribution in [3.63, 3.8) is 0 Å². The van der Waals surface area contributed by atoms with E-state index in [4.69, 9.17) is 0 Å². The van der Waals surface area contributed by atoms with E-state index in [2.05, 4.69) is 0 Å². The third-order valence-electron chi connectivity index (χ3n) is 1.91. The average molecular weight is 264 g/mol. The number of halogens is 3. The van der Waals surface area contributed by atoms with Crippen molar-refractivity contribution in [1.82, 2.24) is 0 Å². The highest BCUT2D eigenvalue weighted by Gasteiger charge is 2.31. The van der Waals surface area contributed by atoms with Crippen LogP contribution >= 0.6 is 23.5 Å². The van der Waals surface area contributed by atoms with Gasteiger partial charge in [-0.25, -0.2) is 0 Å². The van der Waals surface area contributed by atoms with Gasteiger partial charge in [-0.3, -0.25) is 0 Å². The molecule has 0 saturated heterocycles. The van der Waals surface area contributed by atoms with Gasteiger partial charge in [0.2, 0.25) is 0 Å². The number of rotatable bonds is 3. The third kappa shape index (κ3) is 4.14. The summed E-state index contributed by atoms with van der Waals surface area (Å²) in [6.45, 7) is 1.71. The van der Waals surface area contributed by atoms with Crippen LogP contribution in [0.2, 0.25) is 0 Å². The maximum atomic E-state index is 12.3. The van der Waals surface area contributed by atoms with E-state index in [1.54, 1.807) is 13.2 Å². The molecule has 0 N–H and O–H groups in total. The maximum Gasteiger partial charge on any atom is 0.446 e. The monoisotopic (exact) mass is 264 g/mol. The Morgan fingerprint density at radius 1 is 1.12 bits per heavy atom. The first-order valence-electron chi connectivity index (χ1n) is 4.50. The highest BCUT2D eigenvalue weighted by molar-refractivity contribution is 8.22. The largest absolute Gasteiger partial charge is 0.446 e. The first-order valence-corrected chi connectivity index (χ1v) is 6.54. The molecule has 0 nitrogen and oxygen atoms in total. The second kappa shape index (κ2) is 5.68. The number of allylic oxidation sites excluding steroid dienone is 1. The summed E-state index contributed by atoms with van der Waals surface area (Å²) in [5.41, 5.74) is -2.74. The smallest absolute Gasteiger partial charge is 0.160 e. The van der Waals surface area contributed by atoms with Crippen LogP contribution in [0.15, 0.2) is 34.6 Å². The molecule has 16 heavy (non-hydrogen) atoms. The number of thioether (sulfide) groups is 2. The van der Waals surface area contributed by atoms with E-state index in [1.807, 2.05) is 30.3 Å². The van der Waals surface area contributed by atoms with E-state index in [-0.39, 0.29) is 11.8 Å². The minimum Gasteiger partial charge on any atom is -0.160 e. The van der Waals surface area contributed by atoms with Crippen molar-refractivity contribution in [1.29, 1.82) is 0 Å². The van der Waals surface area contributed by atoms with Crippen molar-refractivity contribution in [2.24, 2.45) is 0 Å². The molecule has 0 aromatic heterocycles. The molecule has 1 aromatic carbocycles. The maximum absolute atomic E-state index is 12.3. The number of hydrogen-bond donors (Lipinski definition) is 0. The Morgan fingerprint density at radius 2 is 1.69 bits per heavy atom. The predicted octanol–water partition coefficient (Wildman–Crippen LogP) is 4.99. The van der Waals surface area contributed by atoms with E-state index in [0.29, 0.717) is 9.81 Å². The van der Waals surface area contributed by atoms with E-state index in [9.17, 15) is 13.2 Å². The van der Waals surface area contributed by atoms with Crippen LogP contribution in [0, 0.1) is 0 Å². The number of benzene rings is 1. The van der Waals surface area contributed by atoms with Gasteiger partial charge in [0.05, 0.1) is 4.24 Å². The van der Waals surface area contributed by atoms with E-state index in [1.165, 1.54) is 0 Å². The molecule has 5 heteroatoms. The van der Waals surface area contributed by atoms with Crippen molar-refractivity contribution >= 4 is 29.1 Å². The van der Waals surface area contributed by atoms with Gasteiger partial charge in [-0.1, -0.05) is 30.3 Å². The quantitative estimate of drug-likeness (QED) is 0.754. The first kappa shape index (κ1) is 13.5. The summed E-state index contributed by atoms with van der Waals surface area (Å²) in [7, 11) is 0. The molecular formula is C11H11F3S2. The lowest BCUT2D eigenvalue weighted by Gasteiger charge is -2.11. The summed E-state index contributed by atoms with van der Waals surface area (Å²) in [5, 5.41) is 0. The number of alkyl halides is 3. The molecule has 0 bridgehead atoms. The van der Waals surface area contributed by atoms with E-state index >= 15 is 0 Å². The van der Waals surface area contributed by atoms with Crippen LogP contribution in [-0.2, 0) is 0 Å². The van der Waals surface area contributed by atoms with E-state index < -0.39 is 5.51 Å². The van der Waals surface area contributed by atoms with Crippen LogP contribution < -0.4 is 0 Å². The van der Waals surface area contributed by atoms with Crippen LogP contribution in [0.5, 0.6) is 0 Å². The minimum atomic E-state index is -4.23. The van der Waals surface area contributed by atoms with Crippen LogP contribution in [-0.4, -0.2) is 11.8 Å². The lowest BCUT2D eigenvalue weighted by atomic mass is 10.1. The van der Waals surface area contributed by atoms with Crippen LogP contribution in [0.3, 0.4) is 0 Å². The van der Waals surface area contributed by atoms with Gasteiger partial charge < -0.3 is 0 Å². The zero-order valence-electron chi connectivity index (χ0n) is 8.84. The van der Waals surface area contributed by atoms with Crippen molar-refractivity contribution in [2.75, 3.05) is 6.26 Å². The lowest BCUT2D eigenvalue weighted by molar-refractivity contribution is -0.0320. The van der Waals surface area contributed by atoms with Crippen LogP contribution in [0.1, 0.15) is 12.5 Å². The molecule has 1 aromatic rings. The van der Waals surface area contributed by atoms with Gasteiger partial charge in [0.25, 0.3) is 0 Å². The van der Waals surface area contributed by atoms with Crippen molar-refractivity contribution in [3.8, 4) is 0 Å². The highest BCUT2D eigenvalue weighted by atomic mass is 32.2. The van der Waals surface area contributed by atoms with Crippen molar-refractivity contribution < 1.29 is 13.2 Å². The SMILES string of the molecule is CS/C(SC(F)(F)F)=C(/C)c1ccccc1. The molecule has 0 unspecified atom stereocenters. The van der Waals surface area contributed by atoms with Crippen LogP contribution in [0.4, 0.5) is 13.2 Å². The van der Waals surface area contributed by atoms with Gasteiger partial charge in [0, 0.05) is 0 Å². The molecule has 0 aliphatic heterocycles. The molecule has 0 atom stereocenters. The Balaban J connectivity index is 3.00. The average Bonchev–Trinajstić information content (AvgIpc) is 2.25. The fourth-order valence-electron chi connectivity index (χ4n) is 1.18. The lowest BCUT2D eigenvalue weighted by Crippen LogP contribution is -2.00. The molecule has 0 saturated carbocycles. The van der Waals surface area contributed by atoms with Crippen molar-refractivity contribution in [2.45, 2.75) is 12.4 Å². The third-order valence-corrected chi connectivity index (χ3v) is 4.06. The second-order valence-electron chi connectivity index (χ2n) is 3.03. The Bertz CT molecular complexity index is 369. The van der Waals surface area contributed by atoms with Gasteiger partial charge in [-0.2, -0.15) is 13.2 Å². The summed E-state index contributed by atoms with van der Waals surface area (Å²) >= 11 is 1.07. The predicted molar refractivity (Wildman–Crippen MR) is 66.2 cm³/mol. The molecule has 0 amide bonds. The second-order valence-corrected chi connectivity index (χ2v) is 5.18. The topological polar surface area (TPSA) is 0 Å². The molecular weight excluding hydrogens is 253 g/mol. The molecule has 0 fully saturated rings. The fraction of sp³-hybridized carbons (Fsp3) is 0.273. The Kier molecular flexibility index (Phi) is 4.80. The van der Waals surface area contributed by atoms with Gasteiger partial charge in [-0.05, 0) is 36.1 Å². The fourth-order valence-corrected chi connectivity index (χ4v) is 2.70.